The Kier molecular flexibility index (Phi) is 37.9. The number of hydrogen-bond acceptors (Lipinski definition) is 13. The van der Waals surface area contributed by atoms with Crippen molar-refractivity contribution in [2.24, 2.45) is 11.8 Å². The number of carbonyl (C=O) groups is 2. The molecule has 0 spiro atoms. The molecular weight excluding hydrogens is 856 g/mol. The summed E-state index contributed by atoms with van der Waals surface area (Å²) in [7, 11) is -4.70. The Labute approximate surface area is 392 Å². The predicted octanol–water partition coefficient (Wildman–Crippen LogP) is 10.1. The van der Waals surface area contributed by atoms with Gasteiger partial charge in [-0.3, -0.25) is 18.6 Å². The zero-order valence-corrected chi connectivity index (χ0v) is 41.6. The Balaban J connectivity index is 2.38. The van der Waals surface area contributed by atoms with Crippen molar-refractivity contribution < 1.29 is 67.8 Å². The fraction of sp³-hybridized carbons (Fsp3) is 0.880. The van der Waals surface area contributed by atoms with Crippen molar-refractivity contribution in [3.8, 4) is 0 Å². The molecule has 1 heterocycles. The molecule has 0 aromatic carbocycles. The molecule has 15 heteroatoms. The lowest BCUT2D eigenvalue weighted by molar-refractivity contribution is -0.199. The number of carbonyl (C=O) groups excluding carboxylic acids is 2. The average Bonchev–Trinajstić information content (AvgIpc) is 3.26. The third kappa shape index (κ3) is 36.0. The number of aliphatic hydroxyl groups is 5. The van der Waals surface area contributed by atoms with E-state index in [4.69, 9.17) is 28.4 Å². The second-order valence-corrected chi connectivity index (χ2v) is 20.0. The maximum atomic E-state index is 12.8. The van der Waals surface area contributed by atoms with Crippen LogP contribution in [0.25, 0.3) is 0 Å². The van der Waals surface area contributed by atoms with Gasteiger partial charge in [0, 0.05) is 25.2 Å². The van der Waals surface area contributed by atoms with Crippen LogP contribution < -0.4 is 0 Å². The number of esters is 2. The van der Waals surface area contributed by atoms with Crippen LogP contribution in [0.1, 0.15) is 207 Å². The van der Waals surface area contributed by atoms with Crippen LogP contribution in [-0.4, -0.2) is 106 Å². The minimum atomic E-state index is -4.70. The van der Waals surface area contributed by atoms with Crippen LogP contribution in [0.4, 0.5) is 0 Å². The molecule has 1 aliphatic rings. The van der Waals surface area contributed by atoms with E-state index in [0.29, 0.717) is 32.1 Å². The van der Waals surface area contributed by atoms with Crippen LogP contribution in [0.2, 0.25) is 0 Å². The maximum absolute atomic E-state index is 12.8. The van der Waals surface area contributed by atoms with Gasteiger partial charge in [0.15, 0.2) is 12.4 Å². The van der Waals surface area contributed by atoms with Gasteiger partial charge in [0.2, 0.25) is 0 Å². The highest BCUT2D eigenvalue weighted by Crippen LogP contribution is 2.43. The number of phosphoric acid groups is 1. The highest BCUT2D eigenvalue weighted by atomic mass is 31.2. The zero-order chi connectivity index (χ0) is 48.0. The quantitative estimate of drug-likeness (QED) is 0.0145. The van der Waals surface area contributed by atoms with Gasteiger partial charge in [0.05, 0.1) is 38.1 Å². The standard InChI is InChI=1S/C50H93O14P/c1-4-5-24-30-42(52)34-35-47-45(46(54)36-50(57)64-47)31-26-22-23-28-33-49(56)63-44(40-62-65(58,59)61-38-43(53)37-51)39-60-48(55)32-27-21-19-17-15-13-11-9-7-6-8-10-12-14-16-18-20-25-29-41(2)3/h22,26,34-35,41-47,50-54,57H,4-21,23-25,27-33,36-40H2,1-3H3,(H,58,59)/b26-22-,35-34+/t42-,43-,44+,45-,46-,47+,50?/m0/s1. The molecule has 1 rings (SSSR count). The summed E-state index contributed by atoms with van der Waals surface area (Å²) in [6, 6.07) is 0. The molecule has 0 aromatic rings. The number of hydrogen-bond donors (Lipinski definition) is 6. The van der Waals surface area contributed by atoms with E-state index in [1.807, 2.05) is 12.2 Å². The fourth-order valence-electron chi connectivity index (χ4n) is 7.81. The van der Waals surface area contributed by atoms with E-state index in [0.717, 1.165) is 44.4 Å². The van der Waals surface area contributed by atoms with Crippen molar-refractivity contribution in [1.82, 2.24) is 0 Å². The normalized spacial score (nSPS) is 20.3. The molecule has 2 unspecified atom stereocenters. The first-order valence-electron chi connectivity index (χ1n) is 25.5. The lowest BCUT2D eigenvalue weighted by Gasteiger charge is -2.36. The van der Waals surface area contributed by atoms with Crippen LogP contribution in [0.15, 0.2) is 24.3 Å². The first kappa shape index (κ1) is 61.3. The minimum Gasteiger partial charge on any atom is -0.462 e. The Bertz CT molecular complexity index is 1260. The van der Waals surface area contributed by atoms with Gasteiger partial charge in [0.25, 0.3) is 0 Å². The Morgan fingerprint density at radius 2 is 1.25 bits per heavy atom. The summed E-state index contributed by atoms with van der Waals surface area (Å²) in [6.45, 7) is 4.34. The number of allylic oxidation sites excluding steroid dienone is 2. The second-order valence-electron chi connectivity index (χ2n) is 18.6. The smallest absolute Gasteiger partial charge is 0.462 e. The Hall–Kier alpha value is -1.71. The van der Waals surface area contributed by atoms with Crippen molar-refractivity contribution in [2.45, 2.75) is 244 Å². The maximum Gasteiger partial charge on any atom is 0.472 e. The van der Waals surface area contributed by atoms with Crippen molar-refractivity contribution in [2.75, 3.05) is 26.4 Å². The van der Waals surface area contributed by atoms with Crippen molar-refractivity contribution in [1.29, 1.82) is 0 Å². The molecule has 14 nitrogen and oxygen atoms in total. The van der Waals surface area contributed by atoms with E-state index in [1.54, 1.807) is 12.2 Å². The summed E-state index contributed by atoms with van der Waals surface area (Å²) < 4.78 is 38.5. The van der Waals surface area contributed by atoms with Crippen molar-refractivity contribution >= 4 is 19.8 Å². The lowest BCUT2D eigenvalue weighted by Crippen LogP contribution is -2.43. The molecular formula is C50H93O14P. The fourth-order valence-corrected chi connectivity index (χ4v) is 8.60. The highest BCUT2D eigenvalue weighted by Gasteiger charge is 2.35. The monoisotopic (exact) mass is 949 g/mol. The lowest BCUT2D eigenvalue weighted by atomic mass is 9.87. The number of aliphatic hydroxyl groups excluding tert-OH is 5. The summed E-state index contributed by atoms with van der Waals surface area (Å²) in [4.78, 5) is 35.4. The molecule has 382 valence electrons. The summed E-state index contributed by atoms with van der Waals surface area (Å²) in [5, 5.41) is 49.5. The molecule has 0 amide bonds. The molecule has 0 saturated carbocycles. The SMILES string of the molecule is CCCCC[C@H](O)/C=C/[C@H]1OC(O)C[C@H](O)[C@@H]1C/C=C\CCCC(=O)O[C@H](COC(=O)CCCCCCCCCCCCCCCCCCCCC(C)C)COP(=O)(O)OC[C@@H](O)CO. The van der Waals surface area contributed by atoms with Crippen molar-refractivity contribution in [3.05, 3.63) is 24.3 Å². The Morgan fingerprint density at radius 3 is 1.82 bits per heavy atom. The molecule has 1 aliphatic heterocycles. The molecule has 0 aliphatic carbocycles. The summed E-state index contributed by atoms with van der Waals surface area (Å²) in [5.41, 5.74) is 0. The highest BCUT2D eigenvalue weighted by molar-refractivity contribution is 7.47. The van der Waals surface area contributed by atoms with E-state index in [2.05, 4.69) is 20.8 Å². The third-order valence-electron chi connectivity index (χ3n) is 11.8. The molecule has 1 fully saturated rings. The largest absolute Gasteiger partial charge is 0.472 e. The average molecular weight is 949 g/mol. The first-order valence-corrected chi connectivity index (χ1v) is 27.0. The van der Waals surface area contributed by atoms with Gasteiger partial charge in [-0.2, -0.15) is 0 Å². The van der Waals surface area contributed by atoms with Gasteiger partial charge < -0.3 is 44.6 Å². The van der Waals surface area contributed by atoms with Gasteiger partial charge in [-0.1, -0.05) is 180 Å². The topological polar surface area (TPSA) is 219 Å². The van der Waals surface area contributed by atoms with Gasteiger partial charge >= 0.3 is 19.8 Å². The van der Waals surface area contributed by atoms with Gasteiger partial charge in [-0.15, -0.1) is 0 Å². The number of rotatable bonds is 43. The molecule has 1 saturated heterocycles. The zero-order valence-electron chi connectivity index (χ0n) is 40.7. The molecule has 65 heavy (non-hydrogen) atoms. The number of phosphoric ester groups is 1. The second kappa shape index (κ2) is 40.2. The summed E-state index contributed by atoms with van der Waals surface area (Å²) in [5.74, 6) is -0.618. The third-order valence-corrected chi connectivity index (χ3v) is 12.8. The molecule has 0 bridgehead atoms. The molecule has 8 atom stereocenters. The van der Waals surface area contributed by atoms with Crippen molar-refractivity contribution in [3.63, 3.8) is 0 Å². The number of ether oxygens (including phenoxy) is 3. The summed E-state index contributed by atoms with van der Waals surface area (Å²) >= 11 is 0. The van der Waals surface area contributed by atoms with E-state index in [1.165, 1.54) is 96.3 Å². The van der Waals surface area contributed by atoms with Gasteiger partial charge in [0.1, 0.15) is 12.7 Å². The van der Waals surface area contributed by atoms with E-state index >= 15 is 0 Å². The molecule has 0 aromatic heterocycles. The van der Waals surface area contributed by atoms with Gasteiger partial charge in [-0.25, -0.2) is 4.57 Å². The molecule has 0 radical (unpaired) electrons. The van der Waals surface area contributed by atoms with E-state index in [-0.39, 0.29) is 25.2 Å². The predicted molar refractivity (Wildman–Crippen MR) is 255 cm³/mol. The van der Waals surface area contributed by atoms with E-state index in [9.17, 15) is 39.5 Å². The van der Waals surface area contributed by atoms with Crippen LogP contribution in [-0.2, 0) is 37.4 Å². The first-order chi connectivity index (χ1) is 31.3. The van der Waals surface area contributed by atoms with Crippen LogP contribution >= 0.6 is 7.82 Å². The number of unbranched alkanes of at least 4 members (excludes halogenated alkanes) is 20. The summed E-state index contributed by atoms with van der Waals surface area (Å²) in [6.07, 6.45) is 30.4. The Morgan fingerprint density at radius 1 is 0.708 bits per heavy atom. The van der Waals surface area contributed by atoms with E-state index < -0.39 is 83.0 Å². The minimum absolute atomic E-state index is 0.00752. The molecule has 6 N–H and O–H groups in total. The van der Waals surface area contributed by atoms with Gasteiger partial charge in [-0.05, 0) is 38.0 Å². The van der Waals surface area contributed by atoms with Crippen LogP contribution in [0.5, 0.6) is 0 Å². The van der Waals surface area contributed by atoms with Crippen LogP contribution in [0.3, 0.4) is 0 Å². The van der Waals surface area contributed by atoms with Crippen LogP contribution in [0, 0.1) is 11.8 Å².